The minimum Gasteiger partial charge on any atom is -0.491 e. The molecule has 1 spiro atoms. The van der Waals surface area contributed by atoms with Gasteiger partial charge in [-0.1, -0.05) is 103 Å². The summed E-state index contributed by atoms with van der Waals surface area (Å²) in [5.41, 5.74) is 3.39. The van der Waals surface area contributed by atoms with Crippen LogP contribution in [-0.2, 0) is 31.0 Å². The number of aliphatic hydroxyl groups excluding tert-OH is 1. The number of allylic oxidation sites excluding steroid dienone is 2. The van der Waals surface area contributed by atoms with Gasteiger partial charge < -0.3 is 19.7 Å². The molecule has 0 unspecified atom stereocenters. The van der Waals surface area contributed by atoms with E-state index in [2.05, 4.69) is 17.9 Å². The minimum absolute atomic E-state index is 0.00185. The number of aliphatic carboxylic acids is 1. The second-order valence-corrected chi connectivity index (χ2v) is 13.9. The predicted molar refractivity (Wildman–Crippen MR) is 193 cm³/mol. The maximum Gasteiger partial charge on any atom is 0.325 e. The average molecular weight is 694 g/mol. The van der Waals surface area contributed by atoms with Gasteiger partial charge in [-0.05, 0) is 71.7 Å². The Labute approximate surface area is 302 Å². The Balaban J connectivity index is 1.41. The van der Waals surface area contributed by atoms with Crippen molar-refractivity contribution in [3.8, 4) is 17.6 Å². The number of Topliss-reactive ketones (excluding diaryl/α,β-unsaturated/α-hetero) is 1. The first kappa shape index (κ1) is 33.6. The van der Waals surface area contributed by atoms with Gasteiger partial charge in [-0.25, -0.2) is 0 Å². The molecule has 6 atom stereocenters. The smallest absolute Gasteiger partial charge is 0.325 e. The minimum atomic E-state index is -1.72. The van der Waals surface area contributed by atoms with E-state index < -0.39 is 47.5 Å². The number of rotatable bonds is 7. The van der Waals surface area contributed by atoms with E-state index in [1.54, 1.807) is 12.1 Å². The first-order chi connectivity index (χ1) is 25.4. The molecule has 4 aromatic rings. The Bertz CT molecular complexity index is 2120. The summed E-state index contributed by atoms with van der Waals surface area (Å²) in [6, 6.07) is 28.9. The molecule has 2 heterocycles. The Morgan fingerprint density at radius 1 is 0.885 bits per heavy atom. The van der Waals surface area contributed by atoms with Gasteiger partial charge in [-0.2, -0.15) is 0 Å². The van der Waals surface area contributed by atoms with Gasteiger partial charge in [0.1, 0.15) is 30.4 Å². The van der Waals surface area contributed by atoms with Crippen molar-refractivity contribution in [1.29, 1.82) is 0 Å². The molecular formula is C44H39NO7. The third-order valence-electron chi connectivity index (χ3n) is 11.1. The molecule has 8 nitrogen and oxygen atoms in total. The first-order valence-corrected chi connectivity index (χ1v) is 17.9. The van der Waals surface area contributed by atoms with Crippen molar-refractivity contribution >= 4 is 17.7 Å². The van der Waals surface area contributed by atoms with Gasteiger partial charge in [0.15, 0.2) is 5.78 Å². The summed E-state index contributed by atoms with van der Waals surface area (Å²) < 4.78 is 12.4. The Morgan fingerprint density at radius 2 is 1.62 bits per heavy atom. The number of ether oxygens (including phenoxy) is 2. The second-order valence-electron chi connectivity index (χ2n) is 13.9. The zero-order valence-electron chi connectivity index (χ0n) is 28.6. The molecule has 2 aliphatic carbocycles. The number of nitrogens with zero attached hydrogens (tertiary/aromatic N) is 1. The van der Waals surface area contributed by atoms with Crippen molar-refractivity contribution in [2.24, 2.45) is 5.92 Å². The Kier molecular flexibility index (Phi) is 9.00. The molecular weight excluding hydrogens is 654 g/mol. The van der Waals surface area contributed by atoms with Crippen molar-refractivity contribution in [3.05, 3.63) is 148 Å². The van der Waals surface area contributed by atoms with E-state index in [9.17, 15) is 19.8 Å². The van der Waals surface area contributed by atoms with Crippen LogP contribution in [0.2, 0.25) is 0 Å². The zero-order valence-corrected chi connectivity index (χ0v) is 28.6. The van der Waals surface area contributed by atoms with Crippen LogP contribution < -0.4 is 4.74 Å². The standard InChI is InChI=1S/C44H39NO7/c46-24-25-51-35-19-11-10-18-33(35)41-44(34-26-29(22-23-32(34)27-36(44)47)21-20-28-12-4-1-5-13-28)37(42(48)49)39-43(50)52-40(31-16-8-3-9-17-31)38(45(39)41)30-14-6-2-7-15-30/h2-3,6-12,14-19,22-23,26,37-41,46H,1,4-5,13,24-25,27H2,(H,48,49)/t37-,38-,39-,40+,41+,44-/m0/s1. The number of benzene rings is 4. The van der Waals surface area contributed by atoms with Crippen LogP contribution in [-0.4, -0.2) is 52.1 Å². The molecule has 2 fully saturated rings. The second kappa shape index (κ2) is 13.9. The maximum absolute atomic E-state index is 15.1. The van der Waals surface area contributed by atoms with Gasteiger partial charge in [0.05, 0.1) is 24.1 Å². The van der Waals surface area contributed by atoms with E-state index >= 15 is 4.79 Å². The van der Waals surface area contributed by atoms with E-state index in [0.717, 1.165) is 42.4 Å². The van der Waals surface area contributed by atoms with E-state index in [1.165, 1.54) is 0 Å². The topological polar surface area (TPSA) is 113 Å². The number of hydrogen-bond donors (Lipinski definition) is 2. The number of carboxylic acids is 1. The highest BCUT2D eigenvalue weighted by molar-refractivity contribution is 6.04. The molecule has 0 saturated carbocycles. The molecule has 2 aliphatic heterocycles. The van der Waals surface area contributed by atoms with Gasteiger partial charge in [0.25, 0.3) is 0 Å². The van der Waals surface area contributed by atoms with Crippen LogP contribution in [0.15, 0.2) is 115 Å². The number of fused-ring (bicyclic) bond motifs is 3. The van der Waals surface area contributed by atoms with Crippen LogP contribution in [0.4, 0.5) is 0 Å². The van der Waals surface area contributed by atoms with Gasteiger partial charge in [-0.3, -0.25) is 19.3 Å². The molecule has 4 aliphatic rings. The maximum atomic E-state index is 15.1. The molecule has 0 aromatic heterocycles. The van der Waals surface area contributed by atoms with Gasteiger partial charge in [0.2, 0.25) is 0 Å². The van der Waals surface area contributed by atoms with Crippen LogP contribution in [0.25, 0.3) is 0 Å². The van der Waals surface area contributed by atoms with Crippen LogP contribution in [0.5, 0.6) is 5.75 Å². The average Bonchev–Trinajstić information content (AvgIpc) is 3.66. The van der Waals surface area contributed by atoms with Crippen molar-refractivity contribution in [2.75, 3.05) is 13.2 Å². The highest BCUT2D eigenvalue weighted by Crippen LogP contribution is 2.65. The summed E-state index contributed by atoms with van der Waals surface area (Å²) >= 11 is 0. The van der Waals surface area contributed by atoms with Crippen LogP contribution in [0.1, 0.15) is 77.3 Å². The number of aliphatic hydroxyl groups is 1. The first-order valence-electron chi connectivity index (χ1n) is 17.9. The van der Waals surface area contributed by atoms with Gasteiger partial charge >= 0.3 is 11.9 Å². The summed E-state index contributed by atoms with van der Waals surface area (Å²) in [7, 11) is 0. The van der Waals surface area contributed by atoms with Crippen LogP contribution >= 0.6 is 0 Å². The quantitative estimate of drug-likeness (QED) is 0.168. The Morgan fingerprint density at radius 3 is 2.33 bits per heavy atom. The monoisotopic (exact) mass is 693 g/mol. The van der Waals surface area contributed by atoms with E-state index in [0.29, 0.717) is 28.0 Å². The summed E-state index contributed by atoms with van der Waals surface area (Å²) in [4.78, 5) is 45.4. The lowest BCUT2D eigenvalue weighted by molar-refractivity contribution is -0.179. The van der Waals surface area contributed by atoms with E-state index in [1.807, 2.05) is 95.9 Å². The molecule has 52 heavy (non-hydrogen) atoms. The molecule has 0 radical (unpaired) electrons. The number of cyclic esters (lactones) is 1. The number of hydrogen-bond acceptors (Lipinski definition) is 7. The number of ketones is 1. The van der Waals surface area contributed by atoms with Gasteiger partial charge in [-0.15, -0.1) is 0 Å². The SMILES string of the molecule is O=C1O[C@H](c2ccccc2)[C@H](c2ccccc2)N2[C@H]1[C@@H](C(=O)O)[C@]1(C(=O)Cc3ccc(C#CC4=CCCCC4)cc31)[C@H]2c1ccccc1OCCO. The molecule has 2 N–H and O–H groups in total. The summed E-state index contributed by atoms with van der Waals surface area (Å²) in [5.74, 6) is 3.26. The molecule has 8 rings (SSSR count). The summed E-state index contributed by atoms with van der Waals surface area (Å²) in [6.45, 7) is -0.261. The third-order valence-corrected chi connectivity index (χ3v) is 11.1. The van der Waals surface area contributed by atoms with E-state index in [4.69, 9.17) is 9.47 Å². The summed E-state index contributed by atoms with van der Waals surface area (Å²) in [6.07, 6.45) is 5.49. The molecule has 0 amide bonds. The van der Waals surface area contributed by atoms with Gasteiger partial charge in [0, 0.05) is 17.5 Å². The molecule has 262 valence electrons. The zero-order chi connectivity index (χ0) is 35.8. The number of carboxylic acid groups (broad SMARTS) is 1. The fourth-order valence-corrected chi connectivity index (χ4v) is 9.02. The number of carbonyl (C=O) groups excluding carboxylic acids is 2. The van der Waals surface area contributed by atoms with Crippen molar-refractivity contribution in [3.63, 3.8) is 0 Å². The predicted octanol–water partition coefficient (Wildman–Crippen LogP) is 6.44. The lowest BCUT2D eigenvalue weighted by atomic mass is 9.64. The molecule has 2 saturated heterocycles. The highest BCUT2D eigenvalue weighted by Gasteiger charge is 2.74. The lowest BCUT2D eigenvalue weighted by Crippen LogP contribution is -2.52. The Hall–Kier alpha value is -5.49. The number of carbonyl (C=O) groups is 3. The van der Waals surface area contributed by atoms with Crippen molar-refractivity contribution in [1.82, 2.24) is 4.90 Å². The lowest BCUT2D eigenvalue weighted by Gasteiger charge is -2.46. The fourth-order valence-electron chi connectivity index (χ4n) is 9.02. The summed E-state index contributed by atoms with van der Waals surface area (Å²) in [5, 5.41) is 21.1. The largest absolute Gasteiger partial charge is 0.491 e. The molecule has 0 bridgehead atoms. The highest BCUT2D eigenvalue weighted by atomic mass is 16.6. The molecule has 8 heteroatoms. The molecule has 4 aromatic carbocycles. The fraction of sp³-hybridized carbons (Fsp3) is 0.295. The van der Waals surface area contributed by atoms with Crippen molar-refractivity contribution < 1.29 is 34.1 Å². The number of morpholine rings is 1. The number of para-hydroxylation sites is 1. The van der Waals surface area contributed by atoms with Crippen LogP contribution in [0.3, 0.4) is 0 Å². The van der Waals surface area contributed by atoms with Crippen LogP contribution in [0, 0.1) is 17.8 Å². The third kappa shape index (κ3) is 5.52. The number of esters is 1. The van der Waals surface area contributed by atoms with E-state index in [-0.39, 0.29) is 25.4 Å². The van der Waals surface area contributed by atoms with Crippen molar-refractivity contribution in [2.45, 2.75) is 61.7 Å². The normalized spacial score (nSPS) is 26.5.